The molecule has 4 rings (SSSR count). The van der Waals surface area contributed by atoms with Gasteiger partial charge in [-0.3, -0.25) is 9.69 Å². The topological polar surface area (TPSA) is 70.2 Å². The van der Waals surface area contributed by atoms with Crippen molar-refractivity contribution in [3.63, 3.8) is 0 Å². The van der Waals surface area contributed by atoms with Gasteiger partial charge in [0.2, 0.25) is 0 Å². The molecule has 3 aromatic carbocycles. The maximum absolute atomic E-state index is 12.6. The molecule has 2 N–H and O–H groups in total. The maximum Gasteiger partial charge on any atom is 0.251 e. The molecule has 0 spiro atoms. The molecular weight excluding hydrogens is 434 g/mol. The number of likely N-dealkylation sites (N-methyl/N-ethyl adjacent to an activating group) is 1. The van der Waals surface area contributed by atoms with Gasteiger partial charge >= 0.3 is 0 Å². The van der Waals surface area contributed by atoms with Gasteiger partial charge in [0.05, 0.1) is 5.69 Å². The second kappa shape index (κ2) is 11.9. The third-order valence-corrected chi connectivity index (χ3v) is 5.84. The van der Waals surface area contributed by atoms with Crippen molar-refractivity contribution in [2.45, 2.75) is 20.4 Å². The zero-order chi connectivity index (χ0) is 24.5. The fraction of sp³-hybridized carbons (Fsp3) is 0.207. The summed E-state index contributed by atoms with van der Waals surface area (Å²) in [6.45, 7) is 7.41. The molecule has 0 saturated heterocycles. The van der Waals surface area contributed by atoms with E-state index in [2.05, 4.69) is 87.9 Å². The molecule has 0 aliphatic heterocycles. The molecule has 0 aliphatic carbocycles. The van der Waals surface area contributed by atoms with Crippen LogP contribution in [0.1, 0.15) is 28.4 Å². The first-order chi connectivity index (χ1) is 17.1. The molecule has 1 aromatic heterocycles. The highest BCUT2D eigenvalue weighted by Crippen LogP contribution is 2.21. The summed E-state index contributed by atoms with van der Waals surface area (Å²) in [4.78, 5) is 23.6. The number of anilines is 2. The second-order valence-electron chi connectivity index (χ2n) is 8.47. The monoisotopic (exact) mass is 465 g/mol. The average Bonchev–Trinajstić information content (AvgIpc) is 2.89. The Balaban J connectivity index is 1.29. The number of hydrogen-bond acceptors (Lipinski definition) is 5. The number of carbonyl (C=O) groups is 1. The molecule has 6 nitrogen and oxygen atoms in total. The summed E-state index contributed by atoms with van der Waals surface area (Å²) < 4.78 is 0. The summed E-state index contributed by atoms with van der Waals surface area (Å²) in [7, 11) is 0. The lowest BCUT2D eigenvalue weighted by atomic mass is 10.1. The van der Waals surface area contributed by atoms with Crippen LogP contribution in [0.15, 0.2) is 91.3 Å². The molecule has 35 heavy (non-hydrogen) atoms. The molecule has 0 fully saturated rings. The van der Waals surface area contributed by atoms with Crippen molar-refractivity contribution in [1.29, 1.82) is 0 Å². The van der Waals surface area contributed by atoms with E-state index in [1.807, 2.05) is 36.4 Å². The molecule has 4 aromatic rings. The minimum atomic E-state index is -0.0731. The van der Waals surface area contributed by atoms with E-state index in [1.165, 1.54) is 11.1 Å². The average molecular weight is 466 g/mol. The predicted octanol–water partition coefficient (Wildman–Crippen LogP) is 5.45. The minimum Gasteiger partial charge on any atom is -0.351 e. The molecule has 0 radical (unpaired) electrons. The summed E-state index contributed by atoms with van der Waals surface area (Å²) >= 11 is 0. The van der Waals surface area contributed by atoms with Gasteiger partial charge in [0.15, 0.2) is 0 Å². The van der Waals surface area contributed by atoms with Gasteiger partial charge in [0.25, 0.3) is 5.91 Å². The number of benzene rings is 3. The van der Waals surface area contributed by atoms with Crippen LogP contribution in [0.25, 0.3) is 11.3 Å². The lowest BCUT2D eigenvalue weighted by Gasteiger charge is -2.20. The van der Waals surface area contributed by atoms with Gasteiger partial charge in [-0.15, -0.1) is 0 Å². The number of nitrogens with one attached hydrogen (secondary N) is 2. The third-order valence-electron chi connectivity index (χ3n) is 5.84. The number of amides is 1. The van der Waals surface area contributed by atoms with E-state index < -0.39 is 0 Å². The Kier molecular flexibility index (Phi) is 8.20. The normalized spacial score (nSPS) is 10.8. The second-order valence-corrected chi connectivity index (χ2v) is 8.47. The number of aromatic nitrogens is 2. The fourth-order valence-corrected chi connectivity index (χ4v) is 3.78. The lowest BCUT2D eigenvalue weighted by Crippen LogP contribution is -2.34. The molecule has 178 valence electrons. The van der Waals surface area contributed by atoms with E-state index >= 15 is 0 Å². The van der Waals surface area contributed by atoms with Crippen LogP contribution in [-0.2, 0) is 6.54 Å². The van der Waals surface area contributed by atoms with Gasteiger partial charge in [0, 0.05) is 42.5 Å². The van der Waals surface area contributed by atoms with Crippen molar-refractivity contribution in [3.8, 4) is 11.3 Å². The zero-order valence-electron chi connectivity index (χ0n) is 20.2. The van der Waals surface area contributed by atoms with Gasteiger partial charge in [-0.2, -0.15) is 0 Å². The minimum absolute atomic E-state index is 0.0731. The van der Waals surface area contributed by atoms with Crippen molar-refractivity contribution >= 4 is 17.4 Å². The number of carbonyl (C=O) groups excluding carboxylic acids is 1. The first-order valence-corrected chi connectivity index (χ1v) is 11.9. The van der Waals surface area contributed by atoms with Crippen LogP contribution in [-0.4, -0.2) is 40.4 Å². The molecule has 0 unspecified atom stereocenters. The van der Waals surface area contributed by atoms with Crippen molar-refractivity contribution < 1.29 is 4.79 Å². The van der Waals surface area contributed by atoms with Crippen molar-refractivity contribution in [3.05, 3.63) is 108 Å². The molecule has 0 bridgehead atoms. The van der Waals surface area contributed by atoms with E-state index in [1.54, 1.807) is 6.33 Å². The highest BCUT2D eigenvalue weighted by molar-refractivity contribution is 5.94. The van der Waals surface area contributed by atoms with Crippen molar-refractivity contribution in [1.82, 2.24) is 20.2 Å². The Morgan fingerprint density at radius 1 is 0.914 bits per heavy atom. The summed E-state index contributed by atoms with van der Waals surface area (Å²) in [5, 5.41) is 6.32. The molecule has 0 aliphatic rings. The molecule has 1 amide bonds. The van der Waals surface area contributed by atoms with Crippen molar-refractivity contribution in [2.75, 3.05) is 25.0 Å². The van der Waals surface area contributed by atoms with Gasteiger partial charge in [-0.05, 0) is 43.3 Å². The van der Waals surface area contributed by atoms with E-state index in [9.17, 15) is 4.79 Å². The van der Waals surface area contributed by atoms with Gasteiger partial charge in [-0.1, -0.05) is 67.1 Å². The standard InChI is InChI=1S/C29H31N5O/c1-3-34(20-23-7-5-4-6-8-23)18-17-30-29(35)25-13-15-26(16-14-25)33-28-19-27(31-21-32-28)24-11-9-22(2)10-12-24/h4-16,19,21H,3,17-18,20H2,1-2H3,(H,30,35)(H,31,32,33). The Morgan fingerprint density at radius 2 is 1.66 bits per heavy atom. The summed E-state index contributed by atoms with van der Waals surface area (Å²) in [6, 6.07) is 27.9. The summed E-state index contributed by atoms with van der Waals surface area (Å²) in [5.41, 5.74) is 5.86. The fourth-order valence-electron chi connectivity index (χ4n) is 3.78. The predicted molar refractivity (Wildman–Crippen MR) is 142 cm³/mol. The van der Waals surface area contributed by atoms with Crippen LogP contribution in [0.3, 0.4) is 0 Å². The Bertz CT molecular complexity index is 1220. The van der Waals surface area contributed by atoms with E-state index in [4.69, 9.17) is 0 Å². The van der Waals surface area contributed by atoms with Crippen LogP contribution in [0.4, 0.5) is 11.5 Å². The Hall–Kier alpha value is -4.03. The van der Waals surface area contributed by atoms with Crippen LogP contribution < -0.4 is 10.6 Å². The first kappa shape index (κ1) is 24.1. The van der Waals surface area contributed by atoms with Crippen molar-refractivity contribution in [2.24, 2.45) is 0 Å². The lowest BCUT2D eigenvalue weighted by molar-refractivity contribution is 0.0948. The summed E-state index contributed by atoms with van der Waals surface area (Å²) in [5.74, 6) is 0.627. The molecular formula is C29H31N5O. The van der Waals surface area contributed by atoms with Gasteiger partial charge in [-0.25, -0.2) is 9.97 Å². The molecule has 0 saturated carbocycles. The molecule has 6 heteroatoms. The highest BCUT2D eigenvalue weighted by Gasteiger charge is 2.08. The number of nitrogens with zero attached hydrogens (tertiary/aromatic N) is 3. The Labute approximate surface area is 207 Å². The number of aryl methyl sites for hydroxylation is 1. The van der Waals surface area contributed by atoms with Crippen LogP contribution >= 0.6 is 0 Å². The largest absolute Gasteiger partial charge is 0.351 e. The number of hydrogen-bond donors (Lipinski definition) is 2. The smallest absolute Gasteiger partial charge is 0.251 e. The van der Waals surface area contributed by atoms with Crippen LogP contribution in [0.2, 0.25) is 0 Å². The van der Waals surface area contributed by atoms with E-state index in [0.717, 1.165) is 36.6 Å². The SMILES string of the molecule is CCN(CCNC(=O)c1ccc(Nc2cc(-c3ccc(C)cc3)ncn2)cc1)Cc1ccccc1. The van der Waals surface area contributed by atoms with Crippen LogP contribution in [0, 0.1) is 6.92 Å². The number of rotatable bonds is 10. The quantitative estimate of drug-likeness (QED) is 0.326. The molecule has 1 heterocycles. The summed E-state index contributed by atoms with van der Waals surface area (Å²) in [6.07, 6.45) is 1.55. The third kappa shape index (κ3) is 6.98. The highest BCUT2D eigenvalue weighted by atomic mass is 16.1. The first-order valence-electron chi connectivity index (χ1n) is 11.9. The van der Waals surface area contributed by atoms with Gasteiger partial charge in [0.1, 0.15) is 12.1 Å². The van der Waals surface area contributed by atoms with E-state index in [-0.39, 0.29) is 5.91 Å². The van der Waals surface area contributed by atoms with Gasteiger partial charge < -0.3 is 10.6 Å². The Morgan fingerprint density at radius 3 is 2.37 bits per heavy atom. The zero-order valence-corrected chi connectivity index (χ0v) is 20.2. The van der Waals surface area contributed by atoms with E-state index in [0.29, 0.717) is 17.9 Å². The van der Waals surface area contributed by atoms with Crippen LogP contribution in [0.5, 0.6) is 0 Å². The molecule has 0 atom stereocenters. The maximum atomic E-state index is 12.6.